The maximum atomic E-state index is 11.1. The topological polar surface area (TPSA) is 63.6 Å². The van der Waals surface area contributed by atoms with Gasteiger partial charge in [0.25, 0.3) is 10.1 Å². The minimum Gasteiger partial charge on any atom is -0.493 e. The van der Waals surface area contributed by atoms with Crippen LogP contribution >= 0.6 is 0 Å². The van der Waals surface area contributed by atoms with Crippen LogP contribution in [0.15, 0.2) is 53.4 Å². The number of benzene rings is 2. The third kappa shape index (κ3) is 3.82. The molecule has 0 aliphatic rings. The molecule has 106 valence electrons. The van der Waals surface area contributed by atoms with Gasteiger partial charge in [0.2, 0.25) is 0 Å². The Balaban J connectivity index is 2.06. The summed E-state index contributed by atoms with van der Waals surface area (Å²) in [6.07, 6.45) is 0.573. The molecule has 2 aromatic rings. The Morgan fingerprint density at radius 1 is 1.10 bits per heavy atom. The lowest BCUT2D eigenvalue weighted by Crippen LogP contribution is -2.05. The van der Waals surface area contributed by atoms with Crippen molar-refractivity contribution in [2.24, 2.45) is 0 Å². The van der Waals surface area contributed by atoms with Gasteiger partial charge in [-0.05, 0) is 42.3 Å². The number of ether oxygens (including phenoxy) is 1. The summed E-state index contributed by atoms with van der Waals surface area (Å²) in [6.45, 7) is 2.34. The molecule has 0 radical (unpaired) electrons. The van der Waals surface area contributed by atoms with E-state index >= 15 is 0 Å². The smallest absolute Gasteiger partial charge is 0.294 e. The molecule has 0 aromatic heterocycles. The molecule has 0 amide bonds. The molecule has 0 atom stereocenters. The van der Waals surface area contributed by atoms with Gasteiger partial charge in [-0.1, -0.05) is 24.3 Å². The van der Waals surface area contributed by atoms with Gasteiger partial charge >= 0.3 is 0 Å². The third-order valence-electron chi connectivity index (χ3n) is 3.00. The van der Waals surface area contributed by atoms with Gasteiger partial charge in [0.05, 0.1) is 11.5 Å². The summed E-state index contributed by atoms with van der Waals surface area (Å²) in [5, 5.41) is 0. The monoisotopic (exact) mass is 292 g/mol. The average molecular weight is 292 g/mol. The fraction of sp³-hybridized carbons (Fsp3) is 0.200. The van der Waals surface area contributed by atoms with Gasteiger partial charge in [-0.15, -0.1) is 0 Å². The lowest BCUT2D eigenvalue weighted by molar-refractivity contribution is 0.321. The Bertz CT molecular complexity index is 678. The van der Waals surface area contributed by atoms with Crippen LogP contribution in [0.3, 0.4) is 0 Å². The summed E-state index contributed by atoms with van der Waals surface area (Å²) in [4.78, 5) is -0.0854. The molecule has 1 N–H and O–H groups in total. The van der Waals surface area contributed by atoms with Crippen molar-refractivity contribution in [3.8, 4) is 5.75 Å². The highest BCUT2D eigenvalue weighted by Crippen LogP contribution is 2.17. The molecular formula is C15H16O4S. The second-order valence-corrected chi connectivity index (χ2v) is 5.90. The van der Waals surface area contributed by atoms with E-state index in [2.05, 4.69) is 0 Å². The number of rotatable bonds is 5. The predicted molar refractivity (Wildman–Crippen MR) is 76.6 cm³/mol. The van der Waals surface area contributed by atoms with Crippen molar-refractivity contribution in [2.75, 3.05) is 6.61 Å². The van der Waals surface area contributed by atoms with Crippen molar-refractivity contribution in [1.29, 1.82) is 0 Å². The van der Waals surface area contributed by atoms with Gasteiger partial charge in [0, 0.05) is 6.42 Å². The molecule has 0 aliphatic carbocycles. The summed E-state index contributed by atoms with van der Waals surface area (Å²) >= 11 is 0. The number of para-hydroxylation sites is 1. The van der Waals surface area contributed by atoms with Gasteiger partial charge in [-0.3, -0.25) is 4.55 Å². The van der Waals surface area contributed by atoms with Crippen molar-refractivity contribution in [3.63, 3.8) is 0 Å². The highest BCUT2D eigenvalue weighted by atomic mass is 32.2. The molecule has 20 heavy (non-hydrogen) atoms. The molecule has 0 heterocycles. The predicted octanol–water partition coefficient (Wildman–Crippen LogP) is 2.86. The first-order valence-electron chi connectivity index (χ1n) is 6.22. The second kappa shape index (κ2) is 6.07. The van der Waals surface area contributed by atoms with Crippen LogP contribution in [0.25, 0.3) is 0 Å². The van der Waals surface area contributed by atoms with E-state index in [1.165, 1.54) is 12.1 Å². The van der Waals surface area contributed by atoms with Gasteiger partial charge in [0.1, 0.15) is 5.75 Å². The molecule has 4 nitrogen and oxygen atoms in total. The molecule has 0 unspecified atom stereocenters. The first-order valence-corrected chi connectivity index (χ1v) is 7.66. The van der Waals surface area contributed by atoms with E-state index in [0.717, 1.165) is 16.9 Å². The zero-order chi connectivity index (χ0) is 14.6. The van der Waals surface area contributed by atoms with Crippen LogP contribution < -0.4 is 4.74 Å². The standard InChI is InChI=1S/C15H16O4S/c1-12-7-8-15(20(16,17)18)11-13(12)9-10-19-14-5-3-2-4-6-14/h2-8,11H,9-10H2,1H3,(H,16,17,18). The lowest BCUT2D eigenvalue weighted by Gasteiger charge is -2.09. The minimum absolute atomic E-state index is 0.0854. The Labute approximate surface area is 118 Å². The van der Waals surface area contributed by atoms with E-state index in [4.69, 9.17) is 9.29 Å². The average Bonchev–Trinajstić information content (AvgIpc) is 2.41. The van der Waals surface area contributed by atoms with Crippen LogP contribution in [-0.2, 0) is 16.5 Å². The largest absolute Gasteiger partial charge is 0.493 e. The van der Waals surface area contributed by atoms with Crippen LogP contribution in [0.1, 0.15) is 11.1 Å². The normalized spacial score (nSPS) is 11.3. The van der Waals surface area contributed by atoms with Crippen LogP contribution in [0.4, 0.5) is 0 Å². The summed E-state index contributed by atoms with van der Waals surface area (Å²) < 4.78 is 36.9. The highest BCUT2D eigenvalue weighted by molar-refractivity contribution is 7.85. The molecule has 2 aromatic carbocycles. The van der Waals surface area contributed by atoms with Crippen molar-refractivity contribution in [2.45, 2.75) is 18.2 Å². The Hall–Kier alpha value is -1.85. The molecule has 0 saturated heterocycles. The molecule has 5 heteroatoms. The van der Waals surface area contributed by atoms with Gasteiger partial charge in [-0.25, -0.2) is 0 Å². The number of aryl methyl sites for hydroxylation is 1. The van der Waals surface area contributed by atoms with E-state index in [9.17, 15) is 8.42 Å². The van der Waals surface area contributed by atoms with Crippen molar-refractivity contribution in [1.82, 2.24) is 0 Å². The molecule has 0 aliphatic heterocycles. The Morgan fingerprint density at radius 3 is 2.45 bits per heavy atom. The molecule has 0 spiro atoms. The maximum Gasteiger partial charge on any atom is 0.294 e. The minimum atomic E-state index is -4.16. The molecule has 0 bridgehead atoms. The summed E-state index contributed by atoms with van der Waals surface area (Å²) in [6, 6.07) is 14.0. The quantitative estimate of drug-likeness (QED) is 0.861. The fourth-order valence-corrected chi connectivity index (χ4v) is 2.40. The summed E-state index contributed by atoms with van der Waals surface area (Å²) in [7, 11) is -4.16. The molecule has 0 fully saturated rings. The van der Waals surface area contributed by atoms with Gasteiger partial charge in [0.15, 0.2) is 0 Å². The molecular weight excluding hydrogens is 276 g/mol. The van der Waals surface area contributed by atoms with E-state index in [1.54, 1.807) is 6.07 Å². The Morgan fingerprint density at radius 2 is 1.80 bits per heavy atom. The molecule has 2 rings (SSSR count). The van der Waals surface area contributed by atoms with E-state index in [-0.39, 0.29) is 4.90 Å². The number of hydrogen-bond donors (Lipinski definition) is 1. The second-order valence-electron chi connectivity index (χ2n) is 4.47. The Kier molecular flexibility index (Phi) is 4.42. The zero-order valence-electron chi connectivity index (χ0n) is 11.1. The van der Waals surface area contributed by atoms with Crippen LogP contribution in [-0.4, -0.2) is 19.6 Å². The van der Waals surface area contributed by atoms with Gasteiger partial charge < -0.3 is 4.74 Å². The van der Waals surface area contributed by atoms with E-state index < -0.39 is 10.1 Å². The van der Waals surface area contributed by atoms with Crippen LogP contribution in [0.5, 0.6) is 5.75 Å². The molecule has 0 saturated carbocycles. The lowest BCUT2D eigenvalue weighted by atomic mass is 10.1. The van der Waals surface area contributed by atoms with Crippen molar-refractivity contribution >= 4 is 10.1 Å². The van der Waals surface area contributed by atoms with Crippen molar-refractivity contribution < 1.29 is 17.7 Å². The first kappa shape index (κ1) is 14.6. The summed E-state index contributed by atoms with van der Waals surface area (Å²) in [5.41, 5.74) is 1.81. The van der Waals surface area contributed by atoms with Gasteiger partial charge in [-0.2, -0.15) is 8.42 Å². The zero-order valence-corrected chi connectivity index (χ0v) is 11.9. The fourth-order valence-electron chi connectivity index (χ4n) is 1.87. The highest BCUT2D eigenvalue weighted by Gasteiger charge is 2.11. The maximum absolute atomic E-state index is 11.1. The van der Waals surface area contributed by atoms with E-state index in [0.29, 0.717) is 13.0 Å². The van der Waals surface area contributed by atoms with E-state index in [1.807, 2.05) is 37.3 Å². The first-order chi connectivity index (χ1) is 9.47. The summed E-state index contributed by atoms with van der Waals surface area (Å²) in [5.74, 6) is 0.774. The SMILES string of the molecule is Cc1ccc(S(=O)(=O)O)cc1CCOc1ccccc1. The van der Waals surface area contributed by atoms with Crippen LogP contribution in [0.2, 0.25) is 0 Å². The van der Waals surface area contributed by atoms with Crippen molar-refractivity contribution in [3.05, 3.63) is 59.7 Å². The van der Waals surface area contributed by atoms with Crippen LogP contribution in [0, 0.1) is 6.92 Å². The number of hydrogen-bond acceptors (Lipinski definition) is 3. The third-order valence-corrected chi connectivity index (χ3v) is 3.85.